The molecule has 3 aliphatic rings. The van der Waals surface area contributed by atoms with E-state index < -0.39 is 0 Å². The first kappa shape index (κ1) is 20.7. The molecule has 0 spiro atoms. The van der Waals surface area contributed by atoms with Crippen LogP contribution in [0.2, 0.25) is 0 Å². The second-order valence-corrected chi connectivity index (χ2v) is 8.93. The third-order valence-electron chi connectivity index (χ3n) is 6.55. The van der Waals surface area contributed by atoms with Gasteiger partial charge in [0, 0.05) is 32.2 Å². The smallest absolute Gasteiger partial charge is 0.253 e. The van der Waals surface area contributed by atoms with Crippen LogP contribution in [0.4, 0.5) is 11.4 Å². The zero-order valence-corrected chi connectivity index (χ0v) is 18.0. The lowest BCUT2D eigenvalue weighted by Gasteiger charge is -2.45. The van der Waals surface area contributed by atoms with Gasteiger partial charge in [0.15, 0.2) is 0 Å². The van der Waals surface area contributed by atoms with Crippen molar-refractivity contribution in [2.45, 2.75) is 63.5 Å². The minimum absolute atomic E-state index is 0.00623. The summed E-state index contributed by atoms with van der Waals surface area (Å²) in [5.41, 5.74) is 2.14. The van der Waals surface area contributed by atoms with Gasteiger partial charge in [-0.25, -0.2) is 0 Å². The average molecular weight is 413 g/mol. The molecule has 30 heavy (non-hydrogen) atoms. The van der Waals surface area contributed by atoms with Crippen molar-refractivity contribution in [2.75, 3.05) is 37.0 Å². The molecular weight excluding hydrogens is 380 g/mol. The molecule has 2 heterocycles. The number of nitrogens with one attached hydrogen (secondary N) is 1. The zero-order chi connectivity index (χ0) is 21.3. The summed E-state index contributed by atoms with van der Waals surface area (Å²) in [6, 6.07) is 5.52. The van der Waals surface area contributed by atoms with Gasteiger partial charge in [-0.15, -0.1) is 0 Å². The molecule has 7 nitrogen and oxygen atoms in total. The molecule has 2 fully saturated rings. The highest BCUT2D eigenvalue weighted by molar-refractivity contribution is 6.09. The summed E-state index contributed by atoms with van der Waals surface area (Å²) < 4.78 is 0. The van der Waals surface area contributed by atoms with Gasteiger partial charge >= 0.3 is 0 Å². The molecule has 162 valence electrons. The van der Waals surface area contributed by atoms with Crippen LogP contribution in [-0.4, -0.2) is 61.9 Å². The van der Waals surface area contributed by atoms with Gasteiger partial charge in [-0.2, -0.15) is 0 Å². The molecule has 7 heteroatoms. The first-order valence-electron chi connectivity index (χ1n) is 11.2. The maximum absolute atomic E-state index is 13.4. The standard InChI is InChI=1S/C23H32N4O3/c1-25(2)22(29)16-11-12-18-20(14-16)27(23(30)19-10-6-7-13-26(18)19)15-21(28)24-17-8-4-3-5-9-17/h11-12,14,17,19H,3-10,13,15H2,1-2H3,(H,24,28). The van der Waals surface area contributed by atoms with E-state index in [0.29, 0.717) is 11.3 Å². The van der Waals surface area contributed by atoms with Crippen molar-refractivity contribution in [3.8, 4) is 0 Å². The van der Waals surface area contributed by atoms with Crippen molar-refractivity contribution in [1.29, 1.82) is 0 Å². The van der Waals surface area contributed by atoms with Crippen LogP contribution in [0.3, 0.4) is 0 Å². The number of nitrogens with zero attached hydrogens (tertiary/aromatic N) is 3. The van der Waals surface area contributed by atoms with Crippen molar-refractivity contribution in [2.24, 2.45) is 0 Å². The van der Waals surface area contributed by atoms with E-state index in [1.165, 1.54) is 11.3 Å². The first-order chi connectivity index (χ1) is 14.5. The Morgan fingerprint density at radius 2 is 1.77 bits per heavy atom. The summed E-state index contributed by atoms with van der Waals surface area (Å²) in [5.74, 6) is -0.261. The Kier molecular flexibility index (Phi) is 5.97. The fraction of sp³-hybridized carbons (Fsp3) is 0.609. The second-order valence-electron chi connectivity index (χ2n) is 8.93. The van der Waals surface area contributed by atoms with E-state index in [0.717, 1.165) is 57.2 Å². The van der Waals surface area contributed by atoms with Gasteiger partial charge in [-0.05, 0) is 50.3 Å². The van der Waals surface area contributed by atoms with Gasteiger partial charge in [0.2, 0.25) is 11.8 Å². The zero-order valence-electron chi connectivity index (χ0n) is 18.0. The van der Waals surface area contributed by atoms with Crippen LogP contribution in [0.1, 0.15) is 61.7 Å². The highest BCUT2D eigenvalue weighted by atomic mass is 16.2. The molecule has 2 aliphatic heterocycles. The molecule has 4 rings (SSSR count). The maximum atomic E-state index is 13.4. The van der Waals surface area contributed by atoms with Crippen LogP contribution in [0, 0.1) is 0 Å². The van der Waals surface area contributed by atoms with E-state index in [4.69, 9.17) is 0 Å². The van der Waals surface area contributed by atoms with Crippen LogP contribution in [-0.2, 0) is 9.59 Å². The number of rotatable bonds is 4. The first-order valence-corrected chi connectivity index (χ1v) is 11.2. The molecule has 1 aromatic carbocycles. The number of amides is 3. The summed E-state index contributed by atoms with van der Waals surface area (Å²) in [5, 5.41) is 3.12. The third kappa shape index (κ3) is 4.02. The van der Waals surface area contributed by atoms with E-state index >= 15 is 0 Å². The van der Waals surface area contributed by atoms with Crippen molar-refractivity contribution >= 4 is 29.1 Å². The molecule has 3 amide bonds. The maximum Gasteiger partial charge on any atom is 0.253 e. The molecule has 1 atom stereocenters. The molecule has 1 saturated carbocycles. The fourth-order valence-electron chi connectivity index (χ4n) is 4.98. The molecule has 1 N–H and O–H groups in total. The molecule has 0 radical (unpaired) electrons. The number of anilines is 2. The molecule has 1 saturated heterocycles. The average Bonchev–Trinajstić information content (AvgIpc) is 2.76. The Labute approximate surface area is 178 Å². The van der Waals surface area contributed by atoms with Crippen molar-refractivity contribution in [3.05, 3.63) is 23.8 Å². The Bertz CT molecular complexity index is 832. The lowest BCUT2D eigenvalue weighted by atomic mass is 9.94. The van der Waals surface area contributed by atoms with Crippen molar-refractivity contribution in [1.82, 2.24) is 10.2 Å². The quantitative estimate of drug-likeness (QED) is 0.825. The Morgan fingerprint density at radius 1 is 1.03 bits per heavy atom. The van der Waals surface area contributed by atoms with E-state index in [2.05, 4.69) is 10.2 Å². The van der Waals surface area contributed by atoms with Gasteiger partial charge in [0.25, 0.3) is 5.91 Å². The number of carbonyl (C=O) groups excluding carboxylic acids is 3. The van der Waals surface area contributed by atoms with Crippen LogP contribution in [0.5, 0.6) is 0 Å². The second kappa shape index (κ2) is 8.66. The highest BCUT2D eigenvalue weighted by Gasteiger charge is 2.40. The van der Waals surface area contributed by atoms with Crippen LogP contribution < -0.4 is 15.1 Å². The molecule has 0 bridgehead atoms. The van der Waals surface area contributed by atoms with Crippen molar-refractivity contribution in [3.63, 3.8) is 0 Å². The summed E-state index contributed by atoms with van der Waals surface area (Å²) >= 11 is 0. The van der Waals surface area contributed by atoms with Crippen LogP contribution in [0.25, 0.3) is 0 Å². The SMILES string of the molecule is CN(C)C(=O)c1ccc2c(c1)N(CC(=O)NC1CCCCC1)C(=O)C1CCCCN21. The van der Waals surface area contributed by atoms with E-state index in [9.17, 15) is 14.4 Å². The number of benzene rings is 1. The summed E-state index contributed by atoms with van der Waals surface area (Å²) in [4.78, 5) is 44.0. The van der Waals surface area contributed by atoms with Crippen LogP contribution in [0.15, 0.2) is 18.2 Å². The number of piperidine rings is 1. The molecule has 0 aromatic heterocycles. The van der Waals surface area contributed by atoms with E-state index in [1.807, 2.05) is 12.1 Å². The Balaban J connectivity index is 1.63. The summed E-state index contributed by atoms with van der Waals surface area (Å²) in [6.07, 6.45) is 8.39. The van der Waals surface area contributed by atoms with E-state index in [1.54, 1.807) is 25.1 Å². The number of hydrogen-bond donors (Lipinski definition) is 1. The minimum Gasteiger partial charge on any atom is -0.358 e. The predicted octanol–water partition coefficient (Wildman–Crippen LogP) is 2.54. The highest BCUT2D eigenvalue weighted by Crippen LogP contribution is 2.40. The normalized spacial score (nSPS) is 21.7. The van der Waals surface area contributed by atoms with Gasteiger partial charge in [-0.1, -0.05) is 19.3 Å². The number of hydrogen-bond acceptors (Lipinski definition) is 4. The lowest BCUT2D eigenvalue weighted by molar-refractivity contribution is -0.125. The number of fused-ring (bicyclic) bond motifs is 3. The molecule has 1 aliphatic carbocycles. The van der Waals surface area contributed by atoms with Gasteiger partial charge in [-0.3, -0.25) is 19.3 Å². The van der Waals surface area contributed by atoms with Gasteiger partial charge < -0.3 is 15.1 Å². The topological polar surface area (TPSA) is 73.0 Å². The summed E-state index contributed by atoms with van der Waals surface area (Å²) in [7, 11) is 3.42. The Morgan fingerprint density at radius 3 is 2.50 bits per heavy atom. The largest absolute Gasteiger partial charge is 0.358 e. The monoisotopic (exact) mass is 412 g/mol. The van der Waals surface area contributed by atoms with Crippen molar-refractivity contribution < 1.29 is 14.4 Å². The molecular formula is C23H32N4O3. The predicted molar refractivity (Wildman–Crippen MR) is 117 cm³/mol. The summed E-state index contributed by atoms with van der Waals surface area (Å²) in [6.45, 7) is 0.832. The molecule has 1 aromatic rings. The minimum atomic E-state index is -0.218. The van der Waals surface area contributed by atoms with Gasteiger partial charge in [0.05, 0.1) is 11.4 Å². The van der Waals surface area contributed by atoms with Crippen LogP contribution >= 0.6 is 0 Å². The molecule has 1 unspecified atom stereocenters. The van der Waals surface area contributed by atoms with E-state index in [-0.39, 0.29) is 36.3 Å². The van der Waals surface area contributed by atoms with Gasteiger partial charge in [0.1, 0.15) is 12.6 Å². The number of carbonyl (C=O) groups is 3. The Hall–Kier alpha value is -2.57. The third-order valence-corrected chi connectivity index (χ3v) is 6.55. The lowest BCUT2D eigenvalue weighted by Crippen LogP contribution is -2.57. The fourth-order valence-corrected chi connectivity index (χ4v) is 4.98.